The van der Waals surface area contributed by atoms with Crippen molar-refractivity contribution in [2.75, 3.05) is 26.2 Å². The third-order valence-corrected chi connectivity index (χ3v) is 4.17. The minimum atomic E-state index is 0.0901. The molecule has 1 saturated carbocycles. The predicted octanol–water partition coefficient (Wildman–Crippen LogP) is 0.893. The molecule has 1 aliphatic heterocycles. The molecule has 0 aromatic rings. The summed E-state index contributed by atoms with van der Waals surface area (Å²) in [5, 5.41) is 6.24. The lowest BCUT2D eigenvalue weighted by Gasteiger charge is -2.31. The summed E-state index contributed by atoms with van der Waals surface area (Å²) in [5.74, 6) is 0.440. The van der Waals surface area contributed by atoms with Crippen LogP contribution in [0, 0.1) is 5.92 Å². The molecule has 2 fully saturated rings. The number of piperidine rings is 1. The molecule has 5 nitrogen and oxygen atoms in total. The number of amides is 2. The number of nitrogens with zero attached hydrogens (tertiary/aromatic N) is 1. The predicted molar refractivity (Wildman–Crippen MR) is 78.2 cm³/mol. The highest BCUT2D eigenvalue weighted by Crippen LogP contribution is 2.19. The van der Waals surface area contributed by atoms with Crippen LogP contribution in [0.3, 0.4) is 0 Å². The van der Waals surface area contributed by atoms with Gasteiger partial charge in [-0.25, -0.2) is 0 Å². The van der Waals surface area contributed by atoms with E-state index in [1.807, 2.05) is 4.90 Å². The Kier molecular flexibility index (Phi) is 5.83. The van der Waals surface area contributed by atoms with E-state index in [0.717, 1.165) is 45.3 Å². The van der Waals surface area contributed by atoms with Gasteiger partial charge >= 0.3 is 0 Å². The van der Waals surface area contributed by atoms with Crippen LogP contribution in [0.2, 0.25) is 0 Å². The molecule has 5 heteroatoms. The Bertz CT molecular complexity index is 334. The van der Waals surface area contributed by atoms with Gasteiger partial charge in [0, 0.05) is 31.6 Å². The molecule has 0 unspecified atom stereocenters. The first-order chi connectivity index (χ1) is 9.70. The fourth-order valence-electron chi connectivity index (χ4n) is 2.55. The van der Waals surface area contributed by atoms with Gasteiger partial charge < -0.3 is 15.5 Å². The van der Waals surface area contributed by atoms with Crippen LogP contribution in [0.1, 0.15) is 45.4 Å². The molecule has 2 amide bonds. The molecule has 2 aliphatic rings. The Labute approximate surface area is 121 Å². The van der Waals surface area contributed by atoms with Gasteiger partial charge in [-0.3, -0.25) is 9.59 Å². The summed E-state index contributed by atoms with van der Waals surface area (Å²) < 4.78 is 0. The van der Waals surface area contributed by atoms with Crippen molar-refractivity contribution < 1.29 is 9.59 Å². The molecular weight excluding hydrogens is 254 g/mol. The SMILES string of the molecule is CCCCNC(=O)C1CCN(C(=O)CNC2CC2)CC1. The summed E-state index contributed by atoms with van der Waals surface area (Å²) in [4.78, 5) is 25.8. The second-order valence-electron chi connectivity index (χ2n) is 5.95. The Balaban J connectivity index is 1.63. The van der Waals surface area contributed by atoms with E-state index < -0.39 is 0 Å². The molecule has 2 rings (SSSR count). The van der Waals surface area contributed by atoms with Crippen LogP contribution in [0.4, 0.5) is 0 Å². The summed E-state index contributed by atoms with van der Waals surface area (Å²) in [7, 11) is 0. The van der Waals surface area contributed by atoms with E-state index in [1.165, 1.54) is 12.8 Å². The van der Waals surface area contributed by atoms with E-state index in [2.05, 4.69) is 17.6 Å². The molecule has 2 N–H and O–H groups in total. The van der Waals surface area contributed by atoms with Gasteiger partial charge in [0.15, 0.2) is 0 Å². The lowest BCUT2D eigenvalue weighted by atomic mass is 9.96. The van der Waals surface area contributed by atoms with E-state index in [1.54, 1.807) is 0 Å². The molecule has 0 bridgehead atoms. The van der Waals surface area contributed by atoms with Gasteiger partial charge in [-0.2, -0.15) is 0 Å². The van der Waals surface area contributed by atoms with Crippen molar-refractivity contribution >= 4 is 11.8 Å². The number of likely N-dealkylation sites (tertiary alicyclic amines) is 1. The molecule has 0 atom stereocenters. The minimum absolute atomic E-state index is 0.0901. The Morgan fingerprint density at radius 1 is 1.15 bits per heavy atom. The zero-order valence-electron chi connectivity index (χ0n) is 12.5. The number of hydrogen-bond acceptors (Lipinski definition) is 3. The molecule has 1 aliphatic carbocycles. The van der Waals surface area contributed by atoms with Crippen LogP contribution < -0.4 is 10.6 Å². The smallest absolute Gasteiger partial charge is 0.236 e. The number of hydrogen-bond donors (Lipinski definition) is 2. The van der Waals surface area contributed by atoms with Gasteiger partial charge in [0.2, 0.25) is 11.8 Å². The first kappa shape index (κ1) is 15.3. The lowest BCUT2D eigenvalue weighted by Crippen LogP contribution is -2.46. The molecule has 0 spiro atoms. The average molecular weight is 281 g/mol. The van der Waals surface area contributed by atoms with Crippen molar-refractivity contribution in [1.82, 2.24) is 15.5 Å². The fraction of sp³-hybridized carbons (Fsp3) is 0.867. The van der Waals surface area contributed by atoms with Gasteiger partial charge in [-0.05, 0) is 32.1 Å². The van der Waals surface area contributed by atoms with Crippen LogP contribution in [0.5, 0.6) is 0 Å². The van der Waals surface area contributed by atoms with Gasteiger partial charge in [0.25, 0.3) is 0 Å². The summed E-state index contributed by atoms with van der Waals surface area (Å²) in [6.07, 6.45) is 6.14. The number of nitrogens with one attached hydrogen (secondary N) is 2. The maximum atomic E-state index is 12.0. The summed E-state index contributed by atoms with van der Waals surface area (Å²) in [6, 6.07) is 0.570. The molecule has 1 saturated heterocycles. The van der Waals surface area contributed by atoms with Gasteiger partial charge in [-0.1, -0.05) is 13.3 Å². The van der Waals surface area contributed by atoms with Crippen molar-refractivity contribution in [3.05, 3.63) is 0 Å². The molecule has 0 aromatic heterocycles. The van der Waals surface area contributed by atoms with E-state index in [-0.39, 0.29) is 17.7 Å². The van der Waals surface area contributed by atoms with Gasteiger partial charge in [0.05, 0.1) is 6.54 Å². The van der Waals surface area contributed by atoms with E-state index in [9.17, 15) is 9.59 Å². The number of rotatable bonds is 7. The maximum Gasteiger partial charge on any atom is 0.236 e. The van der Waals surface area contributed by atoms with Crippen molar-refractivity contribution in [3.63, 3.8) is 0 Å². The third-order valence-electron chi connectivity index (χ3n) is 4.17. The average Bonchev–Trinajstić information content (AvgIpc) is 3.29. The molecule has 0 radical (unpaired) electrons. The number of carbonyl (C=O) groups excluding carboxylic acids is 2. The van der Waals surface area contributed by atoms with Gasteiger partial charge in [0.1, 0.15) is 0 Å². The van der Waals surface area contributed by atoms with Crippen LogP contribution in [0.15, 0.2) is 0 Å². The van der Waals surface area contributed by atoms with Crippen molar-refractivity contribution in [2.45, 2.75) is 51.5 Å². The number of carbonyl (C=O) groups is 2. The van der Waals surface area contributed by atoms with Crippen molar-refractivity contribution in [1.29, 1.82) is 0 Å². The van der Waals surface area contributed by atoms with Gasteiger partial charge in [-0.15, -0.1) is 0 Å². The standard InChI is InChI=1S/C15H27N3O2/c1-2-3-8-16-15(20)12-6-9-18(10-7-12)14(19)11-17-13-4-5-13/h12-13,17H,2-11H2,1H3,(H,16,20). The van der Waals surface area contributed by atoms with E-state index in [4.69, 9.17) is 0 Å². The molecule has 20 heavy (non-hydrogen) atoms. The third kappa shape index (κ3) is 4.78. The molecular formula is C15H27N3O2. The highest BCUT2D eigenvalue weighted by molar-refractivity contribution is 5.80. The van der Waals surface area contributed by atoms with E-state index >= 15 is 0 Å². The quantitative estimate of drug-likeness (QED) is 0.681. The topological polar surface area (TPSA) is 61.4 Å². The molecule has 1 heterocycles. The zero-order valence-corrected chi connectivity index (χ0v) is 12.5. The minimum Gasteiger partial charge on any atom is -0.356 e. The summed E-state index contributed by atoms with van der Waals surface area (Å²) >= 11 is 0. The zero-order chi connectivity index (χ0) is 14.4. The lowest BCUT2D eigenvalue weighted by molar-refractivity contribution is -0.134. The highest BCUT2D eigenvalue weighted by Gasteiger charge is 2.28. The largest absolute Gasteiger partial charge is 0.356 e. The van der Waals surface area contributed by atoms with Crippen LogP contribution in [0.25, 0.3) is 0 Å². The molecule has 0 aromatic carbocycles. The van der Waals surface area contributed by atoms with Crippen LogP contribution in [-0.2, 0) is 9.59 Å². The van der Waals surface area contributed by atoms with E-state index in [0.29, 0.717) is 12.6 Å². The Morgan fingerprint density at radius 3 is 2.45 bits per heavy atom. The Hall–Kier alpha value is -1.10. The second-order valence-corrected chi connectivity index (χ2v) is 5.95. The summed E-state index contributed by atoms with van der Waals surface area (Å²) in [6.45, 7) is 4.79. The monoisotopic (exact) mass is 281 g/mol. The van der Waals surface area contributed by atoms with Crippen LogP contribution >= 0.6 is 0 Å². The fourth-order valence-corrected chi connectivity index (χ4v) is 2.55. The number of unbranched alkanes of at least 4 members (excludes halogenated alkanes) is 1. The Morgan fingerprint density at radius 2 is 1.85 bits per heavy atom. The summed E-state index contributed by atoms with van der Waals surface area (Å²) in [5.41, 5.74) is 0. The normalized spacial score (nSPS) is 19.9. The first-order valence-corrected chi connectivity index (χ1v) is 7.99. The van der Waals surface area contributed by atoms with Crippen molar-refractivity contribution in [2.24, 2.45) is 5.92 Å². The van der Waals surface area contributed by atoms with Crippen LogP contribution in [-0.4, -0.2) is 48.9 Å². The maximum absolute atomic E-state index is 12.0. The van der Waals surface area contributed by atoms with Crippen molar-refractivity contribution in [3.8, 4) is 0 Å². The highest BCUT2D eigenvalue weighted by atomic mass is 16.2. The molecule has 114 valence electrons. The second kappa shape index (κ2) is 7.62. The first-order valence-electron chi connectivity index (χ1n) is 7.99.